The number of pyridine rings is 2. The van der Waals surface area contributed by atoms with E-state index in [4.69, 9.17) is 74.0 Å². The molecule has 0 N–H and O–H groups in total. The molecular formula is C113H74N16O3. The van der Waals surface area contributed by atoms with Gasteiger partial charge in [0, 0.05) is 73.3 Å². The molecule has 19 nitrogen and oxygen atoms in total. The molecule has 0 saturated carbocycles. The molecule has 0 unspecified atom stereocenters. The van der Waals surface area contributed by atoms with E-state index < -0.39 is 0 Å². The van der Waals surface area contributed by atoms with Crippen molar-refractivity contribution in [1.82, 2.24) is 64.8 Å². The Morgan fingerprint density at radius 2 is 0.371 bits per heavy atom. The maximum atomic E-state index is 6.23. The monoisotopic (exact) mass is 1700 g/mol. The Labute approximate surface area is 760 Å². The van der Waals surface area contributed by atoms with Gasteiger partial charge in [0.1, 0.15) is 11.4 Å². The van der Waals surface area contributed by atoms with E-state index in [0.717, 1.165) is 153 Å². The minimum Gasteiger partial charge on any atom is -0.453 e. The molecule has 0 spiro atoms. The molecular weight excluding hydrogens is 1630 g/mol. The lowest BCUT2D eigenvalue weighted by Crippen LogP contribution is -2.15. The summed E-state index contributed by atoms with van der Waals surface area (Å²) in [6.07, 6.45) is 1.74. The van der Waals surface area contributed by atoms with Crippen LogP contribution in [0.15, 0.2) is 449 Å². The highest BCUT2D eigenvalue weighted by Crippen LogP contribution is 2.54. The smallest absolute Gasteiger partial charge is 0.201 e. The van der Waals surface area contributed by atoms with Gasteiger partial charge in [-0.05, 0) is 176 Å². The van der Waals surface area contributed by atoms with Crippen LogP contribution in [0.25, 0.3) is 137 Å². The van der Waals surface area contributed by atoms with Crippen LogP contribution in [0.1, 0.15) is 0 Å². The van der Waals surface area contributed by atoms with Gasteiger partial charge < -0.3 is 28.9 Å². The lowest BCUT2D eigenvalue weighted by Gasteiger charge is -2.32. The number of rotatable bonds is 15. The molecule has 0 saturated heterocycles. The molecule has 24 rings (SSSR count). The average Bonchev–Trinajstić information content (AvgIpc) is 0.763. The van der Waals surface area contributed by atoms with Gasteiger partial charge in [0.25, 0.3) is 0 Å². The molecule has 0 fully saturated rings. The number of fused-ring (bicyclic) bond motifs is 6. The van der Waals surface area contributed by atoms with Crippen LogP contribution in [-0.4, -0.2) is 64.8 Å². The summed E-state index contributed by atoms with van der Waals surface area (Å²) in [5.74, 6) is 10.2. The van der Waals surface area contributed by atoms with Gasteiger partial charge in [-0.15, -0.1) is 0 Å². The Morgan fingerprint density at radius 1 is 0.144 bits per heavy atom. The van der Waals surface area contributed by atoms with E-state index in [1.54, 1.807) is 6.20 Å². The highest BCUT2D eigenvalue weighted by Gasteiger charge is 2.30. The van der Waals surface area contributed by atoms with Gasteiger partial charge in [0.05, 0.1) is 51.2 Å². The Kier molecular flexibility index (Phi) is 21.6. The van der Waals surface area contributed by atoms with E-state index in [2.05, 4.69) is 105 Å². The number of nitrogens with zero attached hydrogens (tertiary/aromatic N) is 16. The van der Waals surface area contributed by atoms with Crippen molar-refractivity contribution in [1.29, 1.82) is 0 Å². The maximum Gasteiger partial charge on any atom is 0.201 e. The summed E-state index contributed by atoms with van der Waals surface area (Å²) in [5.41, 5.74) is 21.0. The van der Waals surface area contributed by atoms with Gasteiger partial charge in [-0.3, -0.25) is 4.98 Å². The third kappa shape index (κ3) is 16.5. The summed E-state index contributed by atoms with van der Waals surface area (Å²) in [7, 11) is 0. The van der Waals surface area contributed by atoms with Crippen molar-refractivity contribution >= 4 is 51.2 Å². The van der Waals surface area contributed by atoms with E-state index in [1.165, 1.54) is 0 Å². The SMILES string of the molecule is c1ccc(-c2cc(-c3ccccc3)nc(-c3nc(-c4ccccc4)nc(-c4ccc(N5c6ccccc6Oc6ccccc65)cc4)n3)n2)cc1.c1ccc(-c2cccc(-c3nc(-c4ccccc4)nc(-c4ccc(N5c6ccccc6Oc6ccccc65)cc4)n3)n2)cc1.c1ccc(-c2nc(-c3ccc(N4c5ccccc5Oc5ccccc54)cc3)nc(-c3ccccn3)n2)cc1. The van der Waals surface area contributed by atoms with Gasteiger partial charge in [0.15, 0.2) is 86.9 Å². The first-order valence-electron chi connectivity index (χ1n) is 43.1. The van der Waals surface area contributed by atoms with Crippen LogP contribution in [0.5, 0.6) is 34.5 Å². The van der Waals surface area contributed by atoms with Crippen LogP contribution < -0.4 is 28.9 Å². The minimum atomic E-state index is 0.393. The fourth-order valence-corrected chi connectivity index (χ4v) is 16.1. The molecule has 0 atom stereocenters. The number of anilines is 9. The largest absolute Gasteiger partial charge is 0.453 e. The van der Waals surface area contributed by atoms with E-state index in [0.29, 0.717) is 69.6 Å². The molecule has 6 aromatic heterocycles. The van der Waals surface area contributed by atoms with Crippen molar-refractivity contribution in [2.24, 2.45) is 0 Å². The van der Waals surface area contributed by atoms with Crippen molar-refractivity contribution in [3.05, 3.63) is 449 Å². The molecule has 0 amide bonds. The normalized spacial score (nSPS) is 11.8. The fourth-order valence-electron chi connectivity index (χ4n) is 16.1. The van der Waals surface area contributed by atoms with Crippen LogP contribution in [0.4, 0.5) is 51.2 Å². The molecule has 19 heteroatoms. The van der Waals surface area contributed by atoms with Gasteiger partial charge in [0.2, 0.25) is 5.82 Å². The first kappa shape index (κ1) is 79.4. The summed E-state index contributed by atoms with van der Waals surface area (Å²) < 4.78 is 18.6. The molecule has 624 valence electrons. The summed E-state index contributed by atoms with van der Waals surface area (Å²) in [4.78, 5) is 70.0. The van der Waals surface area contributed by atoms with Crippen LogP contribution in [0, 0.1) is 0 Å². The quantitative estimate of drug-likeness (QED) is 0.0935. The first-order valence-corrected chi connectivity index (χ1v) is 43.1. The molecule has 0 radical (unpaired) electrons. The van der Waals surface area contributed by atoms with E-state index in [-0.39, 0.29) is 0 Å². The predicted octanol–water partition coefficient (Wildman–Crippen LogP) is 27.9. The highest BCUT2D eigenvalue weighted by atomic mass is 16.5. The van der Waals surface area contributed by atoms with E-state index >= 15 is 0 Å². The van der Waals surface area contributed by atoms with E-state index in [1.807, 2.05) is 358 Å². The van der Waals surface area contributed by atoms with E-state index in [9.17, 15) is 0 Å². The molecule has 3 aliphatic heterocycles. The summed E-state index contributed by atoms with van der Waals surface area (Å²) in [6, 6.07) is 147. The van der Waals surface area contributed by atoms with Crippen molar-refractivity contribution in [2.75, 3.05) is 14.7 Å². The van der Waals surface area contributed by atoms with Crippen molar-refractivity contribution in [2.45, 2.75) is 0 Å². The minimum absolute atomic E-state index is 0.393. The van der Waals surface area contributed by atoms with Gasteiger partial charge >= 0.3 is 0 Å². The van der Waals surface area contributed by atoms with Gasteiger partial charge in [-0.2, -0.15) is 0 Å². The zero-order valence-electron chi connectivity index (χ0n) is 70.6. The Balaban J connectivity index is 0.000000117. The topological polar surface area (TPSA) is 205 Å². The van der Waals surface area contributed by atoms with Crippen molar-refractivity contribution in [3.63, 3.8) is 0 Å². The van der Waals surface area contributed by atoms with Crippen LogP contribution in [-0.2, 0) is 0 Å². The number of benzene rings is 15. The van der Waals surface area contributed by atoms with Crippen LogP contribution in [0.2, 0.25) is 0 Å². The lowest BCUT2D eigenvalue weighted by molar-refractivity contribution is 0.477. The Bertz CT molecular complexity index is 7490. The molecule has 21 aromatic rings. The second-order valence-electron chi connectivity index (χ2n) is 31.0. The standard InChI is InChI=1S/C43H28N6O.C38H25N5O.C32H21N5O/c1-4-14-29(15-5-1)34-28-35(30-16-6-2-7-17-30)45-42(44-34)43-47-40(31-18-8-3-9-19-31)46-41(48-43)32-24-26-33(27-25-32)49-36-20-10-12-22-38(36)50-39-23-13-11-21-37(39)49;1-3-12-26(13-4-1)30-16-11-17-31(39-30)38-41-36(27-14-5-2-6-15-27)40-37(42-38)28-22-24-29(25-23-28)43-32-18-7-9-20-34(32)44-35-21-10-8-19-33(35)43;1-2-10-22(11-3-1)30-34-31(36-32(35-30)25-12-8-9-21-33-25)23-17-19-24(20-18-23)37-26-13-4-6-15-28(26)38-29-16-7-5-14-27(29)37/h1-28H;1-25H;1-21H. The third-order valence-electron chi connectivity index (χ3n) is 22.5. The molecule has 0 aliphatic carbocycles. The van der Waals surface area contributed by atoms with Crippen molar-refractivity contribution in [3.8, 4) is 171 Å². The Hall–Kier alpha value is -18.5. The van der Waals surface area contributed by atoms with Crippen molar-refractivity contribution < 1.29 is 14.2 Å². The van der Waals surface area contributed by atoms with Crippen LogP contribution >= 0.6 is 0 Å². The number of aromatic nitrogens is 13. The molecule has 3 aliphatic rings. The first-order chi connectivity index (χ1) is 65.4. The summed E-state index contributed by atoms with van der Waals surface area (Å²) in [6.45, 7) is 0. The van der Waals surface area contributed by atoms with Crippen LogP contribution in [0.3, 0.4) is 0 Å². The predicted molar refractivity (Wildman–Crippen MR) is 520 cm³/mol. The number of hydrogen-bond donors (Lipinski definition) is 0. The highest BCUT2D eigenvalue weighted by molar-refractivity contribution is 5.90. The summed E-state index contributed by atoms with van der Waals surface area (Å²) >= 11 is 0. The fraction of sp³-hybridized carbons (Fsp3) is 0. The average molecular weight is 1700 g/mol. The molecule has 132 heavy (non-hydrogen) atoms. The second-order valence-corrected chi connectivity index (χ2v) is 31.0. The zero-order chi connectivity index (χ0) is 87.9. The number of hydrogen-bond acceptors (Lipinski definition) is 19. The second kappa shape index (κ2) is 35.9. The van der Waals surface area contributed by atoms with Gasteiger partial charge in [-0.25, -0.2) is 59.8 Å². The Morgan fingerprint density at radius 3 is 0.674 bits per heavy atom. The molecule has 9 heterocycles. The molecule has 15 aromatic carbocycles. The molecule has 0 bridgehead atoms. The summed E-state index contributed by atoms with van der Waals surface area (Å²) in [5, 5.41) is 0. The van der Waals surface area contributed by atoms with Gasteiger partial charge in [-0.1, -0.05) is 267 Å². The lowest BCUT2D eigenvalue weighted by atomic mass is 10.1. The number of para-hydroxylation sites is 12. The maximum absolute atomic E-state index is 6.23. The zero-order valence-corrected chi connectivity index (χ0v) is 70.6. The third-order valence-corrected chi connectivity index (χ3v) is 22.5. The number of ether oxygens (including phenoxy) is 3.